The maximum absolute atomic E-state index is 5.69. The van der Waals surface area contributed by atoms with Crippen LogP contribution in [0.15, 0.2) is 71.9 Å². The highest BCUT2D eigenvalue weighted by atomic mass is 32.2. The Balaban J connectivity index is 2.23. The molecule has 1 aliphatic heterocycles. The van der Waals surface area contributed by atoms with Crippen LogP contribution >= 0.6 is 11.8 Å². The van der Waals surface area contributed by atoms with E-state index in [-0.39, 0.29) is 5.41 Å². The van der Waals surface area contributed by atoms with Gasteiger partial charge >= 0.3 is 0 Å². The Hall–Kier alpha value is -2.53. The van der Waals surface area contributed by atoms with Crippen molar-refractivity contribution in [1.29, 1.82) is 0 Å². The number of benzene rings is 2. The second kappa shape index (κ2) is 9.11. The monoisotopic (exact) mass is 398 g/mol. The minimum absolute atomic E-state index is 0.301. The van der Waals surface area contributed by atoms with E-state index in [1.165, 1.54) is 23.7 Å². The second-order valence-electron chi connectivity index (χ2n) is 6.43. The molecule has 0 saturated heterocycles. The second-order valence-corrected chi connectivity index (χ2v) is 7.45. The molecule has 4 nitrogen and oxygen atoms in total. The fraction of sp³-hybridized carbons (Fsp3) is 0.304. The van der Waals surface area contributed by atoms with Gasteiger partial charge in [0.05, 0.1) is 49.7 Å². The van der Waals surface area contributed by atoms with Crippen molar-refractivity contribution in [2.75, 3.05) is 27.4 Å². The predicted octanol–water partition coefficient (Wildman–Crippen LogP) is 5.55. The molecule has 0 unspecified atom stereocenters. The van der Waals surface area contributed by atoms with Crippen LogP contribution in [-0.4, -0.2) is 27.4 Å². The van der Waals surface area contributed by atoms with Crippen molar-refractivity contribution in [2.24, 2.45) is 0 Å². The first kappa shape index (κ1) is 20.2. The Morgan fingerprint density at radius 2 is 1.29 bits per heavy atom. The normalized spacial score (nSPS) is 13.6. The average molecular weight is 399 g/mol. The third kappa shape index (κ3) is 3.59. The maximum Gasteiger partial charge on any atom is 0.133 e. The summed E-state index contributed by atoms with van der Waals surface area (Å²) in [7, 11) is 3.41. The molecule has 0 aromatic heterocycles. The van der Waals surface area contributed by atoms with Crippen molar-refractivity contribution in [3.63, 3.8) is 0 Å². The molecule has 2 aromatic rings. The van der Waals surface area contributed by atoms with Gasteiger partial charge in [-0.25, -0.2) is 0 Å². The summed E-state index contributed by atoms with van der Waals surface area (Å²) in [5.41, 5.74) is 2.14. The third-order valence-corrected chi connectivity index (χ3v) is 6.41. The van der Waals surface area contributed by atoms with Crippen LogP contribution in [0.2, 0.25) is 0 Å². The standard InChI is InChI=1S/C23H26O4S/c1-5-26-15-13-23(14-16-27-6-2)17-9-7-11-19(24-3)21(17)28-22-18(23)10-8-12-20(22)25-4/h5-12H,1-2,13-16H2,3-4H3. The van der Waals surface area contributed by atoms with Gasteiger partial charge in [0, 0.05) is 5.41 Å². The molecule has 0 spiro atoms. The van der Waals surface area contributed by atoms with E-state index < -0.39 is 0 Å². The van der Waals surface area contributed by atoms with Gasteiger partial charge < -0.3 is 18.9 Å². The highest BCUT2D eigenvalue weighted by Crippen LogP contribution is 2.57. The lowest BCUT2D eigenvalue weighted by molar-refractivity contribution is 0.179. The van der Waals surface area contributed by atoms with E-state index in [0.29, 0.717) is 13.2 Å². The van der Waals surface area contributed by atoms with Crippen LogP contribution < -0.4 is 9.47 Å². The molecule has 148 valence electrons. The molecule has 0 N–H and O–H groups in total. The molecule has 5 heteroatoms. The lowest BCUT2D eigenvalue weighted by Crippen LogP contribution is -2.34. The first-order chi connectivity index (χ1) is 13.7. The number of methoxy groups -OCH3 is 2. The van der Waals surface area contributed by atoms with Crippen molar-refractivity contribution in [2.45, 2.75) is 28.0 Å². The van der Waals surface area contributed by atoms with Gasteiger partial charge in [-0.1, -0.05) is 49.2 Å². The van der Waals surface area contributed by atoms with Gasteiger partial charge in [0.2, 0.25) is 0 Å². The molecular formula is C23H26O4S. The van der Waals surface area contributed by atoms with Crippen LogP contribution in [-0.2, 0) is 14.9 Å². The molecule has 0 bridgehead atoms. The van der Waals surface area contributed by atoms with Gasteiger partial charge in [0.1, 0.15) is 11.5 Å². The molecule has 0 amide bonds. The van der Waals surface area contributed by atoms with E-state index in [0.717, 1.165) is 34.1 Å². The highest BCUT2D eigenvalue weighted by molar-refractivity contribution is 7.99. The molecular weight excluding hydrogens is 372 g/mol. The number of rotatable bonds is 10. The van der Waals surface area contributed by atoms with Crippen LogP contribution in [0.1, 0.15) is 24.0 Å². The predicted molar refractivity (Wildman–Crippen MR) is 112 cm³/mol. The van der Waals surface area contributed by atoms with Gasteiger partial charge in [-0.3, -0.25) is 0 Å². The first-order valence-electron chi connectivity index (χ1n) is 9.19. The van der Waals surface area contributed by atoms with Crippen LogP contribution in [0, 0.1) is 0 Å². The van der Waals surface area contributed by atoms with Crippen LogP contribution in [0.3, 0.4) is 0 Å². The largest absolute Gasteiger partial charge is 0.502 e. The quantitative estimate of drug-likeness (QED) is 0.387. The van der Waals surface area contributed by atoms with Crippen LogP contribution in [0.5, 0.6) is 11.5 Å². The zero-order valence-corrected chi connectivity index (χ0v) is 17.2. The molecule has 1 aliphatic rings. The first-order valence-corrected chi connectivity index (χ1v) is 10.0. The van der Waals surface area contributed by atoms with E-state index in [1.54, 1.807) is 26.0 Å². The Morgan fingerprint density at radius 1 is 0.821 bits per heavy atom. The SMILES string of the molecule is C=COCCC1(CCOC=C)c2cccc(OC)c2Sc2c(OC)cccc21. The summed E-state index contributed by atoms with van der Waals surface area (Å²) in [6.07, 6.45) is 4.54. The topological polar surface area (TPSA) is 36.9 Å². The van der Waals surface area contributed by atoms with Gasteiger partial charge in [-0.15, -0.1) is 0 Å². The smallest absolute Gasteiger partial charge is 0.133 e. The number of hydrogen-bond acceptors (Lipinski definition) is 5. The lowest BCUT2D eigenvalue weighted by atomic mass is 9.69. The number of ether oxygens (including phenoxy) is 4. The number of fused-ring (bicyclic) bond motifs is 2. The summed E-state index contributed by atoms with van der Waals surface area (Å²) in [5, 5.41) is 0. The zero-order chi connectivity index (χ0) is 20.0. The third-order valence-electron chi connectivity index (χ3n) is 5.16. The Kier molecular flexibility index (Phi) is 6.57. The summed E-state index contributed by atoms with van der Waals surface area (Å²) >= 11 is 1.69. The fourth-order valence-electron chi connectivity index (χ4n) is 3.86. The molecule has 28 heavy (non-hydrogen) atoms. The fourth-order valence-corrected chi connectivity index (χ4v) is 5.32. The van der Waals surface area contributed by atoms with Gasteiger partial charge in [-0.05, 0) is 36.1 Å². The van der Waals surface area contributed by atoms with E-state index >= 15 is 0 Å². The number of hydrogen-bond donors (Lipinski definition) is 0. The highest BCUT2D eigenvalue weighted by Gasteiger charge is 2.43. The summed E-state index contributed by atoms with van der Waals surface area (Å²) in [4.78, 5) is 2.22. The molecule has 0 saturated carbocycles. The molecule has 0 fully saturated rings. The molecule has 0 radical (unpaired) electrons. The van der Waals surface area contributed by atoms with E-state index in [4.69, 9.17) is 18.9 Å². The maximum atomic E-state index is 5.69. The summed E-state index contributed by atoms with van der Waals surface area (Å²) in [5.74, 6) is 1.72. The molecule has 2 aromatic carbocycles. The molecule has 0 atom stereocenters. The molecule has 1 heterocycles. The summed E-state index contributed by atoms with van der Waals surface area (Å²) < 4.78 is 22.5. The van der Waals surface area contributed by atoms with Gasteiger partial charge in [0.25, 0.3) is 0 Å². The van der Waals surface area contributed by atoms with Crippen molar-refractivity contribution in [1.82, 2.24) is 0 Å². The molecule has 3 rings (SSSR count). The van der Waals surface area contributed by atoms with Crippen molar-refractivity contribution < 1.29 is 18.9 Å². The lowest BCUT2D eigenvalue weighted by Gasteiger charge is -2.41. The van der Waals surface area contributed by atoms with Crippen molar-refractivity contribution in [3.8, 4) is 11.5 Å². The van der Waals surface area contributed by atoms with E-state index in [1.807, 2.05) is 24.3 Å². The zero-order valence-electron chi connectivity index (χ0n) is 16.4. The summed E-state index contributed by atoms with van der Waals surface area (Å²) in [6, 6.07) is 12.4. The van der Waals surface area contributed by atoms with E-state index in [2.05, 4.69) is 25.3 Å². The van der Waals surface area contributed by atoms with Crippen molar-refractivity contribution in [3.05, 3.63) is 73.2 Å². The Morgan fingerprint density at radius 3 is 1.68 bits per heavy atom. The van der Waals surface area contributed by atoms with Crippen molar-refractivity contribution >= 4 is 11.8 Å². The minimum atomic E-state index is -0.301. The van der Waals surface area contributed by atoms with Gasteiger partial charge in [-0.2, -0.15) is 0 Å². The molecule has 0 aliphatic carbocycles. The average Bonchev–Trinajstić information content (AvgIpc) is 2.73. The Bertz CT molecular complexity index is 777. The van der Waals surface area contributed by atoms with Gasteiger partial charge in [0.15, 0.2) is 0 Å². The van der Waals surface area contributed by atoms with E-state index in [9.17, 15) is 0 Å². The minimum Gasteiger partial charge on any atom is -0.502 e. The van der Waals surface area contributed by atoms with Crippen LogP contribution in [0.25, 0.3) is 0 Å². The van der Waals surface area contributed by atoms with Crippen LogP contribution in [0.4, 0.5) is 0 Å². The Labute approximate surface area is 171 Å². The summed E-state index contributed by atoms with van der Waals surface area (Å²) in [6.45, 7) is 8.46.